The summed E-state index contributed by atoms with van der Waals surface area (Å²) in [6.07, 6.45) is 1.55. The maximum absolute atomic E-state index is 11.6. The summed E-state index contributed by atoms with van der Waals surface area (Å²) in [7, 11) is 0. The van der Waals surface area contributed by atoms with Crippen LogP contribution < -0.4 is 0 Å². The zero-order valence-corrected chi connectivity index (χ0v) is 14.8. The van der Waals surface area contributed by atoms with Crippen LogP contribution in [0.1, 0.15) is 47.5 Å². The van der Waals surface area contributed by atoms with Crippen molar-refractivity contribution in [3.63, 3.8) is 0 Å². The fourth-order valence-electron chi connectivity index (χ4n) is 5.84. The van der Waals surface area contributed by atoms with Gasteiger partial charge in [-0.3, -0.25) is 9.59 Å². The van der Waals surface area contributed by atoms with Gasteiger partial charge in [0, 0.05) is 25.7 Å². The number of hydrogen-bond acceptors (Lipinski definition) is 4. The first-order valence-corrected chi connectivity index (χ1v) is 8.72. The van der Waals surface area contributed by atoms with Crippen LogP contribution in [-0.2, 0) is 19.1 Å². The molecule has 23 heavy (non-hydrogen) atoms. The Labute approximate surface area is 138 Å². The lowest BCUT2D eigenvalue weighted by molar-refractivity contribution is -0.172. The quantitative estimate of drug-likeness (QED) is 0.591. The summed E-state index contributed by atoms with van der Waals surface area (Å²) in [5.41, 5.74) is 1.20. The van der Waals surface area contributed by atoms with Crippen LogP contribution >= 0.6 is 0 Å². The first-order valence-electron chi connectivity index (χ1n) is 8.72. The molecular weight excluding hydrogens is 292 g/mol. The summed E-state index contributed by atoms with van der Waals surface area (Å²) in [6.45, 7) is 14.0. The fourth-order valence-corrected chi connectivity index (χ4v) is 5.84. The monoisotopic (exact) mass is 320 g/mol. The highest BCUT2D eigenvalue weighted by Gasteiger charge is 2.71. The minimum atomic E-state index is -0.369. The van der Waals surface area contributed by atoms with Crippen molar-refractivity contribution >= 4 is 11.9 Å². The number of hydrogen-bond donors (Lipinski definition) is 0. The van der Waals surface area contributed by atoms with Crippen molar-refractivity contribution in [2.24, 2.45) is 35.0 Å². The Balaban J connectivity index is 2.03. The Morgan fingerprint density at radius 3 is 2.26 bits per heavy atom. The van der Waals surface area contributed by atoms with E-state index in [1.165, 1.54) is 25.8 Å². The molecule has 0 amide bonds. The van der Waals surface area contributed by atoms with Crippen molar-refractivity contribution in [3.05, 3.63) is 12.2 Å². The minimum Gasteiger partial charge on any atom is -0.458 e. The summed E-state index contributed by atoms with van der Waals surface area (Å²) in [6, 6.07) is 0. The fraction of sp³-hybridized carbons (Fsp3) is 0.789. The molecule has 7 unspecified atom stereocenters. The van der Waals surface area contributed by atoms with Crippen molar-refractivity contribution in [3.8, 4) is 0 Å². The van der Waals surface area contributed by atoms with Gasteiger partial charge in [0.15, 0.2) is 0 Å². The summed E-state index contributed by atoms with van der Waals surface area (Å²) in [4.78, 5) is 23.3. The van der Waals surface area contributed by atoms with E-state index in [1.807, 2.05) is 0 Å². The smallest absolute Gasteiger partial charge is 0.303 e. The Morgan fingerprint density at radius 1 is 1.17 bits per heavy atom. The average molecular weight is 320 g/mol. The van der Waals surface area contributed by atoms with E-state index >= 15 is 0 Å². The van der Waals surface area contributed by atoms with Crippen LogP contribution in [0.25, 0.3) is 0 Å². The Morgan fingerprint density at radius 2 is 1.74 bits per heavy atom. The van der Waals surface area contributed by atoms with E-state index in [0.29, 0.717) is 17.8 Å². The van der Waals surface area contributed by atoms with Gasteiger partial charge < -0.3 is 9.47 Å². The minimum absolute atomic E-state index is 0.00249. The zero-order valence-electron chi connectivity index (χ0n) is 14.8. The molecule has 0 heterocycles. The molecule has 0 saturated heterocycles. The molecule has 3 rings (SSSR count). The van der Waals surface area contributed by atoms with Gasteiger partial charge in [0.05, 0.1) is 0 Å². The van der Waals surface area contributed by atoms with E-state index in [9.17, 15) is 9.59 Å². The molecule has 0 aromatic carbocycles. The van der Waals surface area contributed by atoms with Gasteiger partial charge in [-0.25, -0.2) is 0 Å². The molecule has 7 atom stereocenters. The normalized spacial score (nSPS) is 44.5. The molecular formula is C19H28O4. The van der Waals surface area contributed by atoms with Gasteiger partial charge in [-0.15, -0.1) is 0 Å². The van der Waals surface area contributed by atoms with Crippen LogP contribution in [0.3, 0.4) is 0 Å². The molecule has 3 saturated carbocycles. The number of rotatable bonds is 3. The lowest BCUT2D eigenvalue weighted by Crippen LogP contribution is -2.48. The van der Waals surface area contributed by atoms with E-state index in [-0.39, 0.29) is 41.4 Å². The van der Waals surface area contributed by atoms with E-state index in [1.54, 1.807) is 0 Å². The van der Waals surface area contributed by atoms with Crippen molar-refractivity contribution in [2.45, 2.75) is 59.7 Å². The highest BCUT2D eigenvalue weighted by molar-refractivity contribution is 5.68. The zero-order chi connectivity index (χ0) is 17.1. The molecule has 0 N–H and O–H groups in total. The topological polar surface area (TPSA) is 52.6 Å². The van der Waals surface area contributed by atoms with Gasteiger partial charge in [-0.05, 0) is 36.0 Å². The maximum Gasteiger partial charge on any atom is 0.303 e. The summed E-state index contributed by atoms with van der Waals surface area (Å²) >= 11 is 0. The molecule has 0 aromatic rings. The summed E-state index contributed by atoms with van der Waals surface area (Å²) in [5, 5.41) is 0. The lowest BCUT2D eigenvalue weighted by Gasteiger charge is -2.46. The predicted molar refractivity (Wildman–Crippen MR) is 86.4 cm³/mol. The number of carbonyl (C=O) groups is 2. The highest BCUT2D eigenvalue weighted by atomic mass is 16.6. The Hall–Kier alpha value is -1.32. The summed E-state index contributed by atoms with van der Waals surface area (Å²) in [5.74, 6) is 1.25. The van der Waals surface area contributed by atoms with Crippen molar-refractivity contribution in [2.75, 3.05) is 0 Å². The van der Waals surface area contributed by atoms with Crippen LogP contribution in [0.15, 0.2) is 12.2 Å². The van der Waals surface area contributed by atoms with Gasteiger partial charge in [-0.1, -0.05) is 32.9 Å². The molecule has 3 fully saturated rings. The largest absolute Gasteiger partial charge is 0.458 e. The molecule has 4 nitrogen and oxygen atoms in total. The first-order chi connectivity index (χ1) is 10.7. The third kappa shape index (κ3) is 2.25. The summed E-state index contributed by atoms with van der Waals surface area (Å²) < 4.78 is 11.3. The van der Waals surface area contributed by atoms with Crippen LogP contribution in [0.5, 0.6) is 0 Å². The highest BCUT2D eigenvalue weighted by Crippen LogP contribution is 2.70. The first kappa shape index (κ1) is 16.5. The Bertz CT molecular complexity index is 552. The molecule has 0 aromatic heterocycles. The molecule has 4 bridgehead atoms. The van der Waals surface area contributed by atoms with Crippen molar-refractivity contribution in [1.82, 2.24) is 0 Å². The molecule has 128 valence electrons. The third-order valence-corrected chi connectivity index (χ3v) is 6.68. The molecule has 0 spiro atoms. The molecule has 0 radical (unpaired) electrons. The van der Waals surface area contributed by atoms with Crippen LogP contribution in [0.4, 0.5) is 0 Å². The predicted octanol–water partition coefficient (Wildman–Crippen LogP) is 3.35. The van der Waals surface area contributed by atoms with E-state index in [0.717, 1.165) is 6.42 Å². The standard InChI is InChI=1S/C19H28O4/c1-9(2)13-7-8-19(6)10(3)14-15(13)16(19)18(23-12(5)21)17(14)22-11(4)20/h9,13-18H,3,7-8H2,1-2,4-6H3. The number of esters is 2. The van der Waals surface area contributed by atoms with Crippen LogP contribution in [0.2, 0.25) is 0 Å². The van der Waals surface area contributed by atoms with Gasteiger partial charge in [0.1, 0.15) is 12.2 Å². The molecule has 3 aliphatic rings. The molecule has 3 aliphatic carbocycles. The average Bonchev–Trinajstić information content (AvgIpc) is 2.77. The second-order valence-corrected chi connectivity index (χ2v) is 8.17. The van der Waals surface area contributed by atoms with E-state index < -0.39 is 0 Å². The molecule has 4 heteroatoms. The van der Waals surface area contributed by atoms with Crippen molar-refractivity contribution in [1.29, 1.82) is 0 Å². The van der Waals surface area contributed by atoms with Gasteiger partial charge in [0.25, 0.3) is 0 Å². The lowest BCUT2D eigenvalue weighted by atomic mass is 9.60. The van der Waals surface area contributed by atoms with Crippen LogP contribution in [-0.4, -0.2) is 24.1 Å². The van der Waals surface area contributed by atoms with Gasteiger partial charge in [-0.2, -0.15) is 0 Å². The van der Waals surface area contributed by atoms with Crippen molar-refractivity contribution < 1.29 is 19.1 Å². The maximum atomic E-state index is 11.6. The Kier molecular flexibility index (Phi) is 3.85. The number of ether oxygens (including phenoxy) is 2. The van der Waals surface area contributed by atoms with Gasteiger partial charge in [0.2, 0.25) is 0 Å². The second kappa shape index (κ2) is 5.35. The van der Waals surface area contributed by atoms with E-state index in [2.05, 4.69) is 27.4 Å². The van der Waals surface area contributed by atoms with E-state index in [4.69, 9.17) is 9.47 Å². The van der Waals surface area contributed by atoms with Crippen LogP contribution in [0, 0.1) is 35.0 Å². The molecule has 0 aliphatic heterocycles. The number of carbonyl (C=O) groups excluding carboxylic acids is 2. The van der Waals surface area contributed by atoms with Gasteiger partial charge >= 0.3 is 11.9 Å². The third-order valence-electron chi connectivity index (χ3n) is 6.68. The second-order valence-electron chi connectivity index (χ2n) is 8.17. The SMILES string of the molecule is C=C1C2C(OC(C)=O)C(OC(C)=O)C3C2C(C(C)C)CCC13C.